The van der Waals surface area contributed by atoms with E-state index >= 15 is 0 Å². The zero-order valence-corrected chi connectivity index (χ0v) is 11.2. The van der Waals surface area contributed by atoms with Crippen molar-refractivity contribution < 1.29 is 0 Å². The molecule has 0 aliphatic heterocycles. The largest absolute Gasteiger partial charge is 0.0984 e. The predicted molar refractivity (Wildman–Crippen MR) is 77.0 cm³/mol. The van der Waals surface area contributed by atoms with E-state index in [0.29, 0.717) is 15.1 Å². The minimum absolute atomic E-state index is 0.541. The van der Waals surface area contributed by atoms with Crippen molar-refractivity contribution in [3.05, 3.63) is 63.6 Å². The molecule has 0 N–H and O–H groups in total. The van der Waals surface area contributed by atoms with Gasteiger partial charge in [0.05, 0.1) is 10.0 Å². The van der Waals surface area contributed by atoms with Crippen LogP contribution in [0.25, 0.3) is 17.2 Å². The fourth-order valence-corrected chi connectivity index (χ4v) is 2.05. The highest BCUT2D eigenvalue weighted by molar-refractivity contribution is 6.42. The second-order valence-electron chi connectivity index (χ2n) is 3.57. The molecule has 0 amide bonds. The van der Waals surface area contributed by atoms with Crippen molar-refractivity contribution in [3.8, 4) is 11.1 Å². The lowest BCUT2D eigenvalue weighted by Crippen LogP contribution is -1.81. The highest BCUT2D eigenvalue weighted by atomic mass is 35.5. The lowest BCUT2D eigenvalue weighted by Gasteiger charge is -2.06. The number of rotatable bonds is 2. The van der Waals surface area contributed by atoms with E-state index in [0.717, 1.165) is 16.7 Å². The Morgan fingerprint density at radius 3 is 1.94 bits per heavy atom. The molecular weight excluding hydrogens is 275 g/mol. The van der Waals surface area contributed by atoms with Crippen molar-refractivity contribution in [1.29, 1.82) is 0 Å². The number of halogens is 3. The molecule has 2 aromatic carbocycles. The monoisotopic (exact) mass is 282 g/mol. The quantitative estimate of drug-likeness (QED) is 0.638. The van der Waals surface area contributed by atoms with E-state index in [2.05, 4.69) is 6.58 Å². The van der Waals surface area contributed by atoms with Gasteiger partial charge in [-0.3, -0.25) is 0 Å². The molecule has 3 heteroatoms. The zero-order chi connectivity index (χ0) is 12.4. The van der Waals surface area contributed by atoms with Crippen LogP contribution in [0.4, 0.5) is 0 Å². The van der Waals surface area contributed by atoms with Gasteiger partial charge in [-0.15, -0.1) is 0 Å². The molecule has 0 aromatic heterocycles. The Morgan fingerprint density at radius 1 is 0.765 bits per heavy atom. The highest BCUT2D eigenvalue weighted by Crippen LogP contribution is 2.30. The van der Waals surface area contributed by atoms with E-state index in [-0.39, 0.29) is 0 Å². The molecule has 0 heterocycles. The minimum Gasteiger partial charge on any atom is -0.0984 e. The molecule has 0 saturated heterocycles. The standard InChI is InChI=1S/C14H9Cl3/c1-2-9-7-10(3-5-12(9)15)11-4-6-13(16)14(17)8-11/h2-8H,1H2. The summed E-state index contributed by atoms with van der Waals surface area (Å²) in [5, 5.41) is 1.77. The first-order valence-electron chi connectivity index (χ1n) is 4.99. The van der Waals surface area contributed by atoms with E-state index in [1.165, 1.54) is 0 Å². The fraction of sp³-hybridized carbons (Fsp3) is 0. The van der Waals surface area contributed by atoms with Crippen molar-refractivity contribution in [2.75, 3.05) is 0 Å². The number of benzene rings is 2. The second kappa shape index (κ2) is 5.14. The van der Waals surface area contributed by atoms with Crippen LogP contribution in [0.2, 0.25) is 15.1 Å². The summed E-state index contributed by atoms with van der Waals surface area (Å²) < 4.78 is 0. The maximum absolute atomic E-state index is 6.02. The third-order valence-electron chi connectivity index (χ3n) is 2.47. The van der Waals surface area contributed by atoms with Crippen molar-refractivity contribution in [2.45, 2.75) is 0 Å². The predicted octanol–water partition coefficient (Wildman–Crippen LogP) is 5.96. The van der Waals surface area contributed by atoms with Crippen molar-refractivity contribution in [3.63, 3.8) is 0 Å². The van der Waals surface area contributed by atoms with Crippen LogP contribution in [0.1, 0.15) is 5.56 Å². The summed E-state index contributed by atoms with van der Waals surface area (Å²) in [6.45, 7) is 3.73. The van der Waals surface area contributed by atoms with Gasteiger partial charge >= 0.3 is 0 Å². The maximum Gasteiger partial charge on any atom is 0.0598 e. The van der Waals surface area contributed by atoms with Gasteiger partial charge in [0, 0.05) is 5.02 Å². The van der Waals surface area contributed by atoms with E-state index in [9.17, 15) is 0 Å². The van der Waals surface area contributed by atoms with Crippen LogP contribution < -0.4 is 0 Å². The second-order valence-corrected chi connectivity index (χ2v) is 4.79. The molecule has 0 bridgehead atoms. The van der Waals surface area contributed by atoms with Gasteiger partial charge in [0.1, 0.15) is 0 Å². The summed E-state index contributed by atoms with van der Waals surface area (Å²) in [6, 6.07) is 11.3. The summed E-state index contributed by atoms with van der Waals surface area (Å²) >= 11 is 17.9. The lowest BCUT2D eigenvalue weighted by molar-refractivity contribution is 1.60. The normalized spacial score (nSPS) is 10.3. The van der Waals surface area contributed by atoms with Crippen LogP contribution in [0, 0.1) is 0 Å². The van der Waals surface area contributed by atoms with Gasteiger partial charge in [-0.2, -0.15) is 0 Å². The summed E-state index contributed by atoms with van der Waals surface area (Å²) in [7, 11) is 0. The molecular formula is C14H9Cl3. The van der Waals surface area contributed by atoms with Gasteiger partial charge in [-0.25, -0.2) is 0 Å². The van der Waals surface area contributed by atoms with Gasteiger partial charge in [0.2, 0.25) is 0 Å². The van der Waals surface area contributed by atoms with Crippen LogP contribution in [0.5, 0.6) is 0 Å². The summed E-state index contributed by atoms with van der Waals surface area (Å²) in [6.07, 6.45) is 1.73. The van der Waals surface area contributed by atoms with Crippen LogP contribution in [0.15, 0.2) is 43.0 Å². The average Bonchev–Trinajstić information content (AvgIpc) is 2.33. The lowest BCUT2D eigenvalue weighted by atomic mass is 10.0. The molecule has 0 aliphatic rings. The molecule has 0 aliphatic carbocycles. The van der Waals surface area contributed by atoms with Crippen molar-refractivity contribution in [2.24, 2.45) is 0 Å². The minimum atomic E-state index is 0.541. The zero-order valence-electron chi connectivity index (χ0n) is 8.88. The van der Waals surface area contributed by atoms with E-state index in [1.807, 2.05) is 30.3 Å². The van der Waals surface area contributed by atoms with Crippen LogP contribution in [-0.2, 0) is 0 Å². The summed E-state index contributed by atoms with van der Waals surface area (Å²) in [5.41, 5.74) is 2.93. The first-order chi connectivity index (χ1) is 8.11. The molecule has 0 saturated carbocycles. The highest BCUT2D eigenvalue weighted by Gasteiger charge is 2.04. The topological polar surface area (TPSA) is 0 Å². The molecule has 0 unspecified atom stereocenters. The van der Waals surface area contributed by atoms with Gasteiger partial charge in [-0.05, 0) is 41.0 Å². The molecule has 2 aromatic rings. The number of hydrogen-bond acceptors (Lipinski definition) is 0. The molecule has 2 rings (SSSR count). The molecule has 0 radical (unpaired) electrons. The molecule has 0 nitrogen and oxygen atoms in total. The molecule has 86 valence electrons. The first kappa shape index (κ1) is 12.5. The average molecular weight is 284 g/mol. The molecule has 0 fully saturated rings. The summed E-state index contributed by atoms with van der Waals surface area (Å²) in [5.74, 6) is 0. The Labute approximate surface area is 115 Å². The fourth-order valence-electron chi connectivity index (χ4n) is 1.56. The number of hydrogen-bond donors (Lipinski definition) is 0. The Balaban J connectivity index is 2.52. The van der Waals surface area contributed by atoms with Gasteiger partial charge in [0.15, 0.2) is 0 Å². The smallest absolute Gasteiger partial charge is 0.0598 e. The summed E-state index contributed by atoms with van der Waals surface area (Å²) in [4.78, 5) is 0. The maximum atomic E-state index is 6.02. The van der Waals surface area contributed by atoms with E-state index < -0.39 is 0 Å². The van der Waals surface area contributed by atoms with Gasteiger partial charge in [-0.1, -0.05) is 59.6 Å². The third kappa shape index (κ3) is 2.66. The Bertz CT molecular complexity index is 574. The Kier molecular flexibility index (Phi) is 3.78. The first-order valence-corrected chi connectivity index (χ1v) is 6.12. The molecule has 17 heavy (non-hydrogen) atoms. The third-order valence-corrected chi connectivity index (χ3v) is 3.55. The van der Waals surface area contributed by atoms with Crippen LogP contribution in [-0.4, -0.2) is 0 Å². The van der Waals surface area contributed by atoms with Gasteiger partial charge in [0.25, 0.3) is 0 Å². The van der Waals surface area contributed by atoms with Crippen LogP contribution >= 0.6 is 34.8 Å². The Hall–Kier alpha value is -0.950. The van der Waals surface area contributed by atoms with Gasteiger partial charge < -0.3 is 0 Å². The van der Waals surface area contributed by atoms with Crippen molar-refractivity contribution in [1.82, 2.24) is 0 Å². The molecule has 0 spiro atoms. The van der Waals surface area contributed by atoms with E-state index in [1.54, 1.807) is 12.1 Å². The Morgan fingerprint density at radius 2 is 1.35 bits per heavy atom. The van der Waals surface area contributed by atoms with Crippen molar-refractivity contribution >= 4 is 40.9 Å². The SMILES string of the molecule is C=Cc1cc(-c2ccc(Cl)c(Cl)c2)ccc1Cl. The molecule has 0 atom stereocenters. The van der Waals surface area contributed by atoms with Crippen LogP contribution in [0.3, 0.4) is 0 Å². The van der Waals surface area contributed by atoms with E-state index in [4.69, 9.17) is 34.8 Å².